The van der Waals surface area contributed by atoms with E-state index in [0.29, 0.717) is 22.9 Å². The highest BCUT2D eigenvalue weighted by molar-refractivity contribution is 7.09. The molecule has 0 N–H and O–H groups in total. The predicted octanol–water partition coefficient (Wildman–Crippen LogP) is 4.16. The van der Waals surface area contributed by atoms with Crippen LogP contribution in [0.5, 0.6) is 0 Å². The number of amides is 1. The Morgan fingerprint density at radius 3 is 2.77 bits per heavy atom. The first-order chi connectivity index (χ1) is 14.5. The van der Waals surface area contributed by atoms with Crippen LogP contribution in [0.1, 0.15) is 34.5 Å². The molecule has 0 aliphatic carbocycles. The van der Waals surface area contributed by atoms with Gasteiger partial charge in [0.05, 0.1) is 29.1 Å². The van der Waals surface area contributed by atoms with Gasteiger partial charge in [-0.2, -0.15) is 5.10 Å². The van der Waals surface area contributed by atoms with Gasteiger partial charge in [-0.3, -0.25) is 9.59 Å². The van der Waals surface area contributed by atoms with Gasteiger partial charge in [0, 0.05) is 16.8 Å². The molecule has 0 saturated carbocycles. The summed E-state index contributed by atoms with van der Waals surface area (Å²) in [5.41, 5.74) is 2.22. The number of hydrogen-bond acceptors (Lipinski definition) is 7. The van der Waals surface area contributed by atoms with Crippen molar-refractivity contribution in [3.63, 3.8) is 0 Å². The minimum atomic E-state index is -0.510. The zero-order valence-corrected chi connectivity index (χ0v) is 17.7. The minimum Gasteiger partial charge on any atom is -0.467 e. The molecule has 4 rings (SSSR count). The molecule has 1 amide bonds. The van der Waals surface area contributed by atoms with Crippen molar-refractivity contribution < 1.29 is 18.7 Å². The summed E-state index contributed by atoms with van der Waals surface area (Å²) in [6.07, 6.45) is 2.06. The van der Waals surface area contributed by atoms with E-state index < -0.39 is 24.5 Å². The highest BCUT2D eigenvalue weighted by Crippen LogP contribution is 2.33. The quantitative estimate of drug-likeness (QED) is 0.534. The third-order valence-electron chi connectivity index (χ3n) is 4.56. The van der Waals surface area contributed by atoms with Crippen molar-refractivity contribution in [2.24, 2.45) is 5.10 Å². The number of nitrogens with zero attached hydrogens (tertiary/aromatic N) is 3. The Bertz CT molecular complexity index is 1080. The summed E-state index contributed by atoms with van der Waals surface area (Å²) < 4.78 is 10.7. The fourth-order valence-corrected chi connectivity index (χ4v) is 3.89. The van der Waals surface area contributed by atoms with E-state index in [9.17, 15) is 9.59 Å². The van der Waals surface area contributed by atoms with E-state index in [1.165, 1.54) is 16.3 Å². The lowest BCUT2D eigenvalue weighted by Crippen LogP contribution is -2.31. The lowest BCUT2D eigenvalue weighted by molar-refractivity contribution is -0.152. The molecular formula is C21H18ClN3O4S. The average Bonchev–Trinajstić information content (AvgIpc) is 3.47. The van der Waals surface area contributed by atoms with Gasteiger partial charge in [-0.25, -0.2) is 9.99 Å². The van der Waals surface area contributed by atoms with Crippen LogP contribution in [0.4, 0.5) is 0 Å². The standard InChI is InChI=1S/C21H18ClN3O4S/c1-13-23-16(12-30-13)9-21(27)29-11-20(26)25-18(19-3-2-8-28-19)10-17(24-25)14-4-6-15(22)7-5-14/h2-8,12,18H,9-11H2,1H3/t18-/m0/s1. The van der Waals surface area contributed by atoms with Crippen molar-refractivity contribution in [2.75, 3.05) is 6.61 Å². The third-order valence-corrected chi connectivity index (χ3v) is 5.64. The van der Waals surface area contributed by atoms with Crippen molar-refractivity contribution in [2.45, 2.75) is 25.8 Å². The number of carbonyl (C=O) groups excluding carboxylic acids is 2. The third kappa shape index (κ3) is 4.60. The van der Waals surface area contributed by atoms with Gasteiger partial charge in [0.1, 0.15) is 11.8 Å². The van der Waals surface area contributed by atoms with E-state index in [2.05, 4.69) is 10.1 Å². The second-order valence-electron chi connectivity index (χ2n) is 6.72. The molecule has 0 bridgehead atoms. The summed E-state index contributed by atoms with van der Waals surface area (Å²) in [6, 6.07) is 10.4. The molecule has 0 radical (unpaired) electrons. The van der Waals surface area contributed by atoms with E-state index in [-0.39, 0.29) is 6.42 Å². The summed E-state index contributed by atoms with van der Waals surface area (Å²) >= 11 is 7.42. The predicted molar refractivity (Wildman–Crippen MR) is 112 cm³/mol. The van der Waals surface area contributed by atoms with Crippen molar-refractivity contribution in [3.05, 3.63) is 75.1 Å². The molecule has 0 fully saturated rings. The molecule has 0 unspecified atom stereocenters. The van der Waals surface area contributed by atoms with Crippen LogP contribution in [0.3, 0.4) is 0 Å². The van der Waals surface area contributed by atoms with Crippen LogP contribution in [0.2, 0.25) is 5.02 Å². The fraction of sp³-hybridized carbons (Fsp3) is 0.238. The molecule has 1 aromatic carbocycles. The number of rotatable bonds is 6. The number of halogens is 1. The van der Waals surface area contributed by atoms with E-state index >= 15 is 0 Å². The Labute approximate surface area is 181 Å². The van der Waals surface area contributed by atoms with Gasteiger partial charge in [0.25, 0.3) is 5.91 Å². The van der Waals surface area contributed by atoms with Crippen molar-refractivity contribution in [1.82, 2.24) is 9.99 Å². The largest absolute Gasteiger partial charge is 0.467 e. The number of aryl methyl sites for hydroxylation is 1. The van der Waals surface area contributed by atoms with Crippen LogP contribution in [0.25, 0.3) is 0 Å². The number of hydrogen-bond donors (Lipinski definition) is 0. The number of furan rings is 1. The van der Waals surface area contributed by atoms with E-state index in [4.69, 9.17) is 20.8 Å². The highest BCUT2D eigenvalue weighted by atomic mass is 35.5. The molecule has 0 saturated heterocycles. The van der Waals surface area contributed by atoms with Crippen LogP contribution in [-0.4, -0.2) is 34.2 Å². The molecule has 3 heterocycles. The Morgan fingerprint density at radius 2 is 2.10 bits per heavy atom. The van der Waals surface area contributed by atoms with Crippen LogP contribution in [-0.2, 0) is 20.7 Å². The first-order valence-corrected chi connectivity index (χ1v) is 10.5. The lowest BCUT2D eigenvalue weighted by atomic mass is 10.0. The monoisotopic (exact) mass is 443 g/mol. The van der Waals surface area contributed by atoms with Gasteiger partial charge in [0.2, 0.25) is 0 Å². The molecule has 1 aliphatic heterocycles. The molecule has 3 aromatic rings. The number of thiazole rings is 1. The minimum absolute atomic E-state index is 0.0263. The Balaban J connectivity index is 1.46. The van der Waals surface area contributed by atoms with Crippen LogP contribution in [0.15, 0.2) is 57.6 Å². The van der Waals surface area contributed by atoms with Crippen LogP contribution >= 0.6 is 22.9 Å². The molecule has 2 aromatic heterocycles. The number of hydrazone groups is 1. The van der Waals surface area contributed by atoms with E-state index in [0.717, 1.165) is 16.3 Å². The maximum absolute atomic E-state index is 12.8. The summed E-state index contributed by atoms with van der Waals surface area (Å²) in [4.78, 5) is 29.1. The molecule has 1 aliphatic rings. The smallest absolute Gasteiger partial charge is 0.312 e. The van der Waals surface area contributed by atoms with Crippen molar-refractivity contribution in [1.29, 1.82) is 0 Å². The van der Waals surface area contributed by atoms with Gasteiger partial charge in [0.15, 0.2) is 6.61 Å². The number of ether oxygens (including phenoxy) is 1. The zero-order chi connectivity index (χ0) is 21.1. The molecule has 154 valence electrons. The van der Waals surface area contributed by atoms with Crippen LogP contribution < -0.4 is 0 Å². The SMILES string of the molecule is Cc1nc(CC(=O)OCC(=O)N2N=C(c3ccc(Cl)cc3)C[C@H]2c2ccco2)cs1. The normalized spacial score (nSPS) is 15.9. The summed E-state index contributed by atoms with van der Waals surface area (Å²) in [5, 5.41) is 9.10. The second-order valence-corrected chi connectivity index (χ2v) is 8.22. The lowest BCUT2D eigenvalue weighted by Gasteiger charge is -2.19. The van der Waals surface area contributed by atoms with Gasteiger partial charge in [-0.15, -0.1) is 11.3 Å². The van der Waals surface area contributed by atoms with Crippen LogP contribution in [0, 0.1) is 6.92 Å². The first-order valence-electron chi connectivity index (χ1n) is 9.25. The average molecular weight is 444 g/mol. The number of aromatic nitrogens is 1. The highest BCUT2D eigenvalue weighted by Gasteiger charge is 2.35. The summed E-state index contributed by atoms with van der Waals surface area (Å²) in [7, 11) is 0. The van der Waals surface area contributed by atoms with E-state index in [1.54, 1.807) is 35.9 Å². The van der Waals surface area contributed by atoms with Gasteiger partial charge < -0.3 is 9.15 Å². The van der Waals surface area contributed by atoms with Crippen molar-refractivity contribution >= 4 is 40.5 Å². The van der Waals surface area contributed by atoms with E-state index in [1.807, 2.05) is 19.1 Å². The molecule has 30 heavy (non-hydrogen) atoms. The number of benzene rings is 1. The molecule has 0 spiro atoms. The summed E-state index contributed by atoms with van der Waals surface area (Å²) in [6.45, 7) is 1.46. The molecule has 1 atom stereocenters. The Morgan fingerprint density at radius 1 is 1.30 bits per heavy atom. The molecular weight excluding hydrogens is 426 g/mol. The van der Waals surface area contributed by atoms with Crippen molar-refractivity contribution in [3.8, 4) is 0 Å². The summed E-state index contributed by atoms with van der Waals surface area (Å²) in [5.74, 6) is -0.326. The molecule has 7 nitrogen and oxygen atoms in total. The maximum atomic E-state index is 12.8. The van der Waals surface area contributed by atoms with Gasteiger partial charge in [-0.05, 0) is 36.8 Å². The van der Waals surface area contributed by atoms with Gasteiger partial charge in [-0.1, -0.05) is 23.7 Å². The zero-order valence-electron chi connectivity index (χ0n) is 16.1. The van der Waals surface area contributed by atoms with Gasteiger partial charge >= 0.3 is 5.97 Å². The molecule has 9 heteroatoms. The number of carbonyl (C=O) groups is 2. The Kier molecular flexibility index (Phi) is 5.96. The second kappa shape index (κ2) is 8.81. The Hall–Kier alpha value is -2.97. The topological polar surface area (TPSA) is 85.0 Å². The first kappa shape index (κ1) is 20.3. The number of esters is 1. The fourth-order valence-electron chi connectivity index (χ4n) is 3.16. The maximum Gasteiger partial charge on any atom is 0.312 e.